The van der Waals surface area contributed by atoms with E-state index >= 15 is 0 Å². The first kappa shape index (κ1) is 10.9. The minimum atomic E-state index is -0.962. The lowest BCUT2D eigenvalue weighted by atomic mass is 9.93. The summed E-state index contributed by atoms with van der Waals surface area (Å²) in [5, 5.41) is 3.18. The van der Waals surface area contributed by atoms with Crippen molar-refractivity contribution in [3.63, 3.8) is 0 Å². The van der Waals surface area contributed by atoms with Gasteiger partial charge in [-0.15, -0.1) is 0 Å². The molecule has 0 unspecified atom stereocenters. The minimum Gasteiger partial charge on any atom is -0.311 e. The van der Waals surface area contributed by atoms with Crippen LogP contribution in [-0.2, 0) is 0 Å². The molecule has 0 aliphatic carbocycles. The molecule has 1 aliphatic rings. The van der Waals surface area contributed by atoms with Crippen LogP contribution in [0.1, 0.15) is 26.7 Å². The van der Waals surface area contributed by atoms with Gasteiger partial charge in [-0.25, -0.2) is 4.39 Å². The van der Waals surface area contributed by atoms with Crippen molar-refractivity contribution in [2.45, 2.75) is 38.4 Å². The highest BCUT2D eigenvalue weighted by molar-refractivity contribution is 4.87. The maximum absolute atomic E-state index is 14.0. The number of rotatable bonds is 3. The van der Waals surface area contributed by atoms with Crippen molar-refractivity contribution in [2.75, 3.05) is 26.7 Å². The van der Waals surface area contributed by atoms with Gasteiger partial charge >= 0.3 is 0 Å². The van der Waals surface area contributed by atoms with E-state index in [2.05, 4.69) is 31.1 Å². The zero-order valence-corrected chi connectivity index (χ0v) is 8.94. The van der Waals surface area contributed by atoms with Gasteiger partial charge in [-0.3, -0.25) is 0 Å². The van der Waals surface area contributed by atoms with E-state index in [1.165, 1.54) is 0 Å². The normalized spacial score (nSPS) is 23.8. The molecule has 78 valence electrons. The smallest absolute Gasteiger partial charge is 0.125 e. The monoisotopic (exact) mass is 188 g/mol. The molecule has 1 fully saturated rings. The van der Waals surface area contributed by atoms with Crippen molar-refractivity contribution in [1.29, 1.82) is 0 Å². The fourth-order valence-corrected chi connectivity index (χ4v) is 1.58. The number of nitrogens with zero attached hydrogens (tertiary/aromatic N) is 1. The maximum atomic E-state index is 14.0. The van der Waals surface area contributed by atoms with E-state index in [4.69, 9.17) is 0 Å². The molecule has 1 rings (SSSR count). The summed E-state index contributed by atoms with van der Waals surface area (Å²) in [6.07, 6.45) is 1.34. The highest BCUT2D eigenvalue weighted by atomic mass is 19.1. The Hall–Kier alpha value is -0.150. The molecule has 0 aromatic rings. The molecule has 2 nitrogen and oxygen atoms in total. The van der Waals surface area contributed by atoms with Crippen LogP contribution in [0.4, 0.5) is 4.39 Å². The predicted octanol–water partition coefficient (Wildman–Crippen LogP) is 1.42. The van der Waals surface area contributed by atoms with Crippen LogP contribution in [0.2, 0.25) is 0 Å². The van der Waals surface area contributed by atoms with Crippen LogP contribution in [0.3, 0.4) is 0 Å². The number of piperidine rings is 1. The van der Waals surface area contributed by atoms with Crippen molar-refractivity contribution in [1.82, 2.24) is 10.2 Å². The molecule has 0 bridgehead atoms. The Morgan fingerprint density at radius 2 is 1.92 bits per heavy atom. The second-order valence-corrected chi connectivity index (χ2v) is 4.49. The molecule has 1 saturated heterocycles. The lowest BCUT2D eigenvalue weighted by Crippen LogP contribution is -2.47. The Bertz CT molecular complexity index is 151. The summed E-state index contributed by atoms with van der Waals surface area (Å²) < 4.78 is 14.0. The lowest BCUT2D eigenvalue weighted by Gasteiger charge is -2.35. The number of alkyl halides is 1. The van der Waals surface area contributed by atoms with Gasteiger partial charge in [-0.1, -0.05) is 13.8 Å². The molecule has 1 N–H and O–H groups in total. The average Bonchev–Trinajstić information content (AvgIpc) is 2.08. The molecule has 0 atom stereocenters. The number of likely N-dealkylation sites (tertiary alicyclic amines) is 1. The van der Waals surface area contributed by atoms with Gasteiger partial charge in [0.05, 0.1) is 0 Å². The lowest BCUT2D eigenvalue weighted by molar-refractivity contribution is 0.0672. The first-order valence-corrected chi connectivity index (χ1v) is 5.13. The molecule has 0 amide bonds. The van der Waals surface area contributed by atoms with E-state index in [0.29, 0.717) is 25.4 Å². The molecular formula is C10H21FN2. The summed E-state index contributed by atoms with van der Waals surface area (Å²) in [6, 6.07) is 0.382. The molecule has 0 aromatic carbocycles. The van der Waals surface area contributed by atoms with Gasteiger partial charge in [0.15, 0.2) is 0 Å². The van der Waals surface area contributed by atoms with Crippen molar-refractivity contribution < 1.29 is 4.39 Å². The Kier molecular flexibility index (Phi) is 3.68. The standard InChI is InChI=1S/C10H21FN2/c1-9(2)12-8-10(11)4-6-13(3)7-5-10/h9,12H,4-8H2,1-3H3. The van der Waals surface area contributed by atoms with Crippen LogP contribution in [0.25, 0.3) is 0 Å². The quantitative estimate of drug-likeness (QED) is 0.720. The Labute approximate surface area is 80.5 Å². The number of hydrogen-bond acceptors (Lipinski definition) is 2. The Morgan fingerprint density at radius 1 is 1.38 bits per heavy atom. The number of nitrogens with one attached hydrogen (secondary N) is 1. The molecule has 0 spiro atoms. The zero-order valence-electron chi connectivity index (χ0n) is 8.94. The van der Waals surface area contributed by atoms with Crippen molar-refractivity contribution >= 4 is 0 Å². The molecule has 0 saturated carbocycles. The van der Waals surface area contributed by atoms with Gasteiger partial charge in [0.1, 0.15) is 5.67 Å². The van der Waals surface area contributed by atoms with Crippen LogP contribution < -0.4 is 5.32 Å². The predicted molar refractivity (Wildman–Crippen MR) is 53.7 cm³/mol. The first-order valence-electron chi connectivity index (χ1n) is 5.13. The molecular weight excluding hydrogens is 167 g/mol. The van der Waals surface area contributed by atoms with E-state index in [1.54, 1.807) is 0 Å². The number of halogens is 1. The van der Waals surface area contributed by atoms with Gasteiger partial charge in [0, 0.05) is 25.7 Å². The fraction of sp³-hybridized carbons (Fsp3) is 1.00. The van der Waals surface area contributed by atoms with Crippen molar-refractivity contribution in [2.24, 2.45) is 0 Å². The first-order chi connectivity index (χ1) is 6.02. The third kappa shape index (κ3) is 3.61. The minimum absolute atomic E-state index is 0.382. The Morgan fingerprint density at radius 3 is 2.38 bits per heavy atom. The summed E-state index contributed by atoms with van der Waals surface area (Å²) in [7, 11) is 2.05. The second kappa shape index (κ2) is 4.38. The van der Waals surface area contributed by atoms with Crippen LogP contribution in [0.5, 0.6) is 0 Å². The fourth-order valence-electron chi connectivity index (χ4n) is 1.58. The summed E-state index contributed by atoms with van der Waals surface area (Å²) in [5.41, 5.74) is -0.962. The number of hydrogen-bond donors (Lipinski definition) is 1. The van der Waals surface area contributed by atoms with E-state index in [9.17, 15) is 4.39 Å². The molecule has 1 heterocycles. The SMILES string of the molecule is CC(C)NCC1(F)CCN(C)CC1. The van der Waals surface area contributed by atoms with E-state index in [-0.39, 0.29) is 0 Å². The van der Waals surface area contributed by atoms with Gasteiger partial charge in [-0.2, -0.15) is 0 Å². The summed E-state index contributed by atoms with van der Waals surface area (Å²) in [5.74, 6) is 0. The topological polar surface area (TPSA) is 15.3 Å². The van der Waals surface area contributed by atoms with E-state index in [1.807, 2.05) is 0 Å². The summed E-state index contributed by atoms with van der Waals surface area (Å²) >= 11 is 0. The molecule has 0 radical (unpaired) electrons. The third-order valence-electron chi connectivity index (χ3n) is 2.71. The summed E-state index contributed by atoms with van der Waals surface area (Å²) in [6.45, 7) is 6.39. The van der Waals surface area contributed by atoms with Crippen LogP contribution in [-0.4, -0.2) is 43.3 Å². The van der Waals surface area contributed by atoms with Crippen molar-refractivity contribution in [3.05, 3.63) is 0 Å². The van der Waals surface area contributed by atoms with E-state index < -0.39 is 5.67 Å². The zero-order chi connectivity index (χ0) is 9.90. The van der Waals surface area contributed by atoms with Gasteiger partial charge < -0.3 is 10.2 Å². The van der Waals surface area contributed by atoms with Crippen LogP contribution in [0, 0.1) is 0 Å². The highest BCUT2D eigenvalue weighted by Crippen LogP contribution is 2.25. The van der Waals surface area contributed by atoms with E-state index in [0.717, 1.165) is 13.1 Å². The maximum Gasteiger partial charge on any atom is 0.125 e. The van der Waals surface area contributed by atoms with Crippen LogP contribution in [0.15, 0.2) is 0 Å². The van der Waals surface area contributed by atoms with Crippen molar-refractivity contribution in [3.8, 4) is 0 Å². The third-order valence-corrected chi connectivity index (χ3v) is 2.71. The van der Waals surface area contributed by atoms with Gasteiger partial charge in [0.25, 0.3) is 0 Å². The van der Waals surface area contributed by atoms with Gasteiger partial charge in [0.2, 0.25) is 0 Å². The highest BCUT2D eigenvalue weighted by Gasteiger charge is 2.33. The molecule has 3 heteroatoms. The van der Waals surface area contributed by atoms with Crippen LogP contribution >= 0.6 is 0 Å². The van der Waals surface area contributed by atoms with Gasteiger partial charge in [-0.05, 0) is 19.9 Å². The molecule has 13 heavy (non-hydrogen) atoms. The molecule has 1 aliphatic heterocycles. The average molecular weight is 188 g/mol. The largest absolute Gasteiger partial charge is 0.311 e. The second-order valence-electron chi connectivity index (χ2n) is 4.49. The molecule has 0 aromatic heterocycles. The summed E-state index contributed by atoms with van der Waals surface area (Å²) in [4.78, 5) is 2.19. The Balaban J connectivity index is 2.30.